The van der Waals surface area contributed by atoms with Crippen molar-refractivity contribution in [3.63, 3.8) is 0 Å². The molecule has 0 amide bonds. The van der Waals surface area contributed by atoms with Gasteiger partial charge in [-0.05, 0) is 46.4 Å². The fourth-order valence-corrected chi connectivity index (χ4v) is 5.03. The lowest BCUT2D eigenvalue weighted by atomic mass is 9.81. The third-order valence-corrected chi connectivity index (χ3v) is 6.64. The first-order valence-corrected chi connectivity index (χ1v) is 10.7. The van der Waals surface area contributed by atoms with Crippen LogP contribution in [0.15, 0.2) is 42.5 Å². The first-order chi connectivity index (χ1) is 12.9. The van der Waals surface area contributed by atoms with Crippen LogP contribution < -0.4 is 0 Å². The van der Waals surface area contributed by atoms with Crippen molar-refractivity contribution in [1.29, 1.82) is 0 Å². The van der Waals surface area contributed by atoms with Gasteiger partial charge in [0.15, 0.2) is 5.78 Å². The Morgan fingerprint density at radius 3 is 2.30 bits per heavy atom. The van der Waals surface area contributed by atoms with Gasteiger partial charge in [0.25, 0.3) is 0 Å². The summed E-state index contributed by atoms with van der Waals surface area (Å²) in [4.78, 5) is 13.3. The van der Waals surface area contributed by atoms with Crippen LogP contribution in [0.5, 0.6) is 0 Å². The Morgan fingerprint density at radius 2 is 1.63 bits per heavy atom. The number of hydrogen-bond acceptors (Lipinski definition) is 1. The molecule has 27 heavy (non-hydrogen) atoms. The van der Waals surface area contributed by atoms with E-state index in [-0.39, 0.29) is 11.3 Å². The van der Waals surface area contributed by atoms with E-state index >= 15 is 0 Å². The van der Waals surface area contributed by atoms with Crippen molar-refractivity contribution in [2.24, 2.45) is 11.8 Å². The van der Waals surface area contributed by atoms with Gasteiger partial charge in [0.05, 0.1) is 0 Å². The fraction of sp³-hybridized carbons (Fsp3) is 0.500. The third kappa shape index (κ3) is 3.74. The number of fused-ring (bicyclic) bond motifs is 1. The Kier molecular flexibility index (Phi) is 4.97. The summed E-state index contributed by atoms with van der Waals surface area (Å²) in [7, 11) is 0. The molecule has 2 aliphatic rings. The van der Waals surface area contributed by atoms with E-state index < -0.39 is 0 Å². The van der Waals surface area contributed by atoms with Gasteiger partial charge < -0.3 is 0 Å². The number of hydrogen-bond donors (Lipinski definition) is 0. The normalized spacial score (nSPS) is 20.7. The number of carbonyl (C=O) groups is 1. The van der Waals surface area contributed by atoms with Crippen LogP contribution in [0.1, 0.15) is 80.8 Å². The molecule has 1 heteroatoms. The minimum atomic E-state index is 0.151. The predicted molar refractivity (Wildman–Crippen MR) is 113 cm³/mol. The number of Topliss-reactive ketones (excluding diaryl/α,β-unsaturated/α-hetero) is 1. The van der Waals surface area contributed by atoms with Crippen molar-refractivity contribution >= 4 is 5.78 Å². The smallest absolute Gasteiger partial charge is 0.167 e. The van der Waals surface area contributed by atoms with Gasteiger partial charge in [-0.15, -0.1) is 0 Å². The molecule has 0 saturated heterocycles. The lowest BCUT2D eigenvalue weighted by Crippen LogP contribution is -2.17. The lowest BCUT2D eigenvalue weighted by Gasteiger charge is -2.23. The summed E-state index contributed by atoms with van der Waals surface area (Å²) in [5.74, 6) is 1.36. The van der Waals surface area contributed by atoms with Gasteiger partial charge in [-0.3, -0.25) is 4.79 Å². The van der Waals surface area contributed by atoms with Gasteiger partial charge in [-0.1, -0.05) is 95.3 Å². The van der Waals surface area contributed by atoms with Gasteiger partial charge in [-0.25, -0.2) is 0 Å². The van der Waals surface area contributed by atoms with E-state index in [0.717, 1.165) is 29.9 Å². The topological polar surface area (TPSA) is 17.1 Å². The second kappa shape index (κ2) is 7.26. The van der Waals surface area contributed by atoms with Gasteiger partial charge in [0.2, 0.25) is 0 Å². The molecule has 0 heterocycles. The first-order valence-electron chi connectivity index (χ1n) is 10.7. The highest BCUT2D eigenvalue weighted by Gasteiger charge is 2.34. The minimum absolute atomic E-state index is 0.151. The summed E-state index contributed by atoms with van der Waals surface area (Å²) in [6.45, 7) is 6.71. The highest BCUT2D eigenvalue weighted by Crippen LogP contribution is 2.40. The maximum atomic E-state index is 13.3. The van der Waals surface area contributed by atoms with Crippen LogP contribution in [0.4, 0.5) is 0 Å². The second-order valence-electron chi connectivity index (χ2n) is 9.67. The zero-order valence-corrected chi connectivity index (χ0v) is 17.1. The molecule has 1 atom stereocenters. The van der Waals surface area contributed by atoms with E-state index in [2.05, 4.69) is 63.2 Å². The van der Waals surface area contributed by atoms with Crippen molar-refractivity contribution in [2.45, 2.75) is 71.1 Å². The van der Waals surface area contributed by atoms with Crippen LogP contribution in [0, 0.1) is 11.8 Å². The van der Waals surface area contributed by atoms with E-state index in [9.17, 15) is 4.79 Å². The molecular weight excluding hydrogens is 328 g/mol. The molecule has 2 aliphatic carbocycles. The molecule has 1 unspecified atom stereocenters. The van der Waals surface area contributed by atoms with Crippen molar-refractivity contribution in [3.8, 4) is 11.1 Å². The minimum Gasteiger partial charge on any atom is -0.294 e. The molecule has 1 saturated carbocycles. The van der Waals surface area contributed by atoms with E-state index in [4.69, 9.17) is 0 Å². The molecule has 0 aromatic heterocycles. The Labute approximate surface area is 164 Å². The molecule has 1 fully saturated rings. The third-order valence-electron chi connectivity index (χ3n) is 6.64. The van der Waals surface area contributed by atoms with Gasteiger partial charge in [0, 0.05) is 11.5 Å². The molecular formula is C26H32O. The van der Waals surface area contributed by atoms with E-state index in [1.54, 1.807) is 0 Å². The molecule has 2 aromatic carbocycles. The molecule has 0 N–H and O–H groups in total. The van der Waals surface area contributed by atoms with Crippen molar-refractivity contribution in [2.75, 3.05) is 0 Å². The second-order valence-corrected chi connectivity index (χ2v) is 9.67. The largest absolute Gasteiger partial charge is 0.294 e. The highest BCUT2D eigenvalue weighted by atomic mass is 16.1. The number of ketones is 1. The van der Waals surface area contributed by atoms with Crippen LogP contribution in [-0.4, -0.2) is 5.78 Å². The Morgan fingerprint density at radius 1 is 0.926 bits per heavy atom. The summed E-state index contributed by atoms with van der Waals surface area (Å²) < 4.78 is 0. The van der Waals surface area contributed by atoms with E-state index in [1.807, 2.05) is 0 Å². The number of benzene rings is 2. The predicted octanol–water partition coefficient (Wildman–Crippen LogP) is 6.98. The Bertz CT molecular complexity index is 816. The molecule has 142 valence electrons. The van der Waals surface area contributed by atoms with Gasteiger partial charge in [-0.2, -0.15) is 0 Å². The summed E-state index contributed by atoms with van der Waals surface area (Å²) in [6, 6.07) is 15.2. The molecule has 0 bridgehead atoms. The molecule has 0 radical (unpaired) electrons. The molecule has 4 rings (SSSR count). The molecule has 2 aromatic rings. The van der Waals surface area contributed by atoms with Crippen LogP contribution >= 0.6 is 0 Å². The monoisotopic (exact) mass is 360 g/mol. The average Bonchev–Trinajstić information content (AvgIpc) is 2.98. The van der Waals surface area contributed by atoms with Crippen LogP contribution in [0.3, 0.4) is 0 Å². The average molecular weight is 361 g/mol. The summed E-state index contributed by atoms with van der Waals surface area (Å²) in [5.41, 5.74) is 6.05. The Hall–Kier alpha value is -1.89. The number of carbonyl (C=O) groups excluding carboxylic acids is 1. The summed E-state index contributed by atoms with van der Waals surface area (Å²) >= 11 is 0. The maximum absolute atomic E-state index is 13.3. The molecule has 0 spiro atoms. The first kappa shape index (κ1) is 18.5. The highest BCUT2D eigenvalue weighted by molar-refractivity contribution is 6.07. The Balaban J connectivity index is 1.60. The molecule has 1 nitrogen and oxygen atoms in total. The van der Waals surface area contributed by atoms with E-state index in [0.29, 0.717) is 5.78 Å². The van der Waals surface area contributed by atoms with Crippen LogP contribution in [-0.2, 0) is 11.8 Å². The summed E-state index contributed by atoms with van der Waals surface area (Å²) in [5, 5.41) is 0. The SMILES string of the molecule is CC(C)(C)c1ccc(-c2cccc3c2C(=O)C(CC2CCCCC2)C3)cc1. The standard InChI is InChI=1S/C26H32O/c1-26(2,3)22-14-12-19(13-15-22)23-11-7-10-20-17-21(25(27)24(20)23)16-18-8-5-4-6-9-18/h7,10-15,18,21H,4-6,8-9,16-17H2,1-3H3. The van der Waals surface area contributed by atoms with Crippen molar-refractivity contribution in [1.82, 2.24) is 0 Å². The summed E-state index contributed by atoms with van der Waals surface area (Å²) in [6.07, 6.45) is 8.76. The fourth-order valence-electron chi connectivity index (χ4n) is 5.03. The van der Waals surface area contributed by atoms with Gasteiger partial charge >= 0.3 is 0 Å². The number of rotatable bonds is 3. The maximum Gasteiger partial charge on any atom is 0.167 e. The van der Waals surface area contributed by atoms with Gasteiger partial charge in [0.1, 0.15) is 0 Å². The van der Waals surface area contributed by atoms with Crippen LogP contribution in [0.2, 0.25) is 0 Å². The molecule has 0 aliphatic heterocycles. The van der Waals surface area contributed by atoms with Crippen molar-refractivity contribution < 1.29 is 4.79 Å². The zero-order chi connectivity index (χ0) is 19.0. The zero-order valence-electron chi connectivity index (χ0n) is 17.1. The van der Waals surface area contributed by atoms with E-state index in [1.165, 1.54) is 48.8 Å². The van der Waals surface area contributed by atoms with Crippen molar-refractivity contribution in [3.05, 3.63) is 59.2 Å². The lowest BCUT2D eigenvalue weighted by molar-refractivity contribution is 0.0912. The van der Waals surface area contributed by atoms with Crippen LogP contribution in [0.25, 0.3) is 11.1 Å². The quantitative estimate of drug-likeness (QED) is 0.577.